The maximum atomic E-state index is 2.40. The van der Waals surface area contributed by atoms with Gasteiger partial charge < -0.3 is 0 Å². The largest absolute Gasteiger partial charge is 0.277 e. The number of thioether (sulfide) groups is 1. The molecule has 0 radical (unpaired) electrons. The summed E-state index contributed by atoms with van der Waals surface area (Å²) >= 11 is 2.06. The average Bonchev–Trinajstić information content (AvgIpc) is 3.03. The second-order valence-corrected chi connectivity index (χ2v) is 6.02. The van der Waals surface area contributed by atoms with Crippen molar-refractivity contribution in [1.82, 2.24) is 4.48 Å². The fourth-order valence-electron chi connectivity index (χ4n) is 3.09. The summed E-state index contributed by atoms with van der Waals surface area (Å²) in [5.74, 6) is 0. The molecule has 0 spiro atoms. The Labute approximate surface area is 96.1 Å². The first-order chi connectivity index (χ1) is 7.29. The van der Waals surface area contributed by atoms with Crippen LogP contribution in [0.4, 0.5) is 5.69 Å². The third-order valence-electron chi connectivity index (χ3n) is 3.98. The quantitative estimate of drug-likeness (QED) is 0.686. The molecule has 1 saturated carbocycles. The van der Waals surface area contributed by atoms with E-state index >= 15 is 0 Å². The van der Waals surface area contributed by atoms with Crippen molar-refractivity contribution in [3.05, 3.63) is 24.3 Å². The summed E-state index contributed by atoms with van der Waals surface area (Å²) in [6.45, 7) is 5.99. The smallest absolute Gasteiger partial charge is 0.147 e. The van der Waals surface area contributed by atoms with E-state index in [4.69, 9.17) is 0 Å². The summed E-state index contributed by atoms with van der Waals surface area (Å²) < 4.78 is 1.24. The highest BCUT2D eigenvalue weighted by atomic mass is 32.2. The van der Waals surface area contributed by atoms with E-state index < -0.39 is 0 Å². The van der Waals surface area contributed by atoms with Crippen LogP contribution in [0.5, 0.6) is 0 Å². The van der Waals surface area contributed by atoms with Crippen LogP contribution in [0.15, 0.2) is 29.2 Å². The molecule has 2 unspecified atom stereocenters. The van der Waals surface area contributed by atoms with Crippen LogP contribution in [0.1, 0.15) is 26.7 Å². The summed E-state index contributed by atoms with van der Waals surface area (Å²) in [5, 5.41) is 0.708. The standard InChI is InChI=1S/C13H18NS/c1-3-14(11-8-9-11)10(2)15-13-7-5-4-6-12(13)14/h4-7,10-11H,3,8-9H2,1-2H3/q+1. The van der Waals surface area contributed by atoms with Gasteiger partial charge in [-0.1, -0.05) is 23.9 Å². The van der Waals surface area contributed by atoms with Gasteiger partial charge in [-0.05, 0) is 19.9 Å². The summed E-state index contributed by atoms with van der Waals surface area (Å²) in [7, 11) is 0. The molecule has 1 aromatic carbocycles. The summed E-state index contributed by atoms with van der Waals surface area (Å²) in [4.78, 5) is 1.51. The second kappa shape index (κ2) is 3.26. The van der Waals surface area contributed by atoms with Crippen LogP contribution in [-0.4, -0.2) is 18.0 Å². The summed E-state index contributed by atoms with van der Waals surface area (Å²) in [5.41, 5.74) is 1.58. The molecule has 1 aliphatic carbocycles. The van der Waals surface area contributed by atoms with Crippen molar-refractivity contribution < 1.29 is 0 Å². The Kier molecular flexibility index (Phi) is 2.12. The van der Waals surface area contributed by atoms with Crippen molar-refractivity contribution in [1.29, 1.82) is 0 Å². The van der Waals surface area contributed by atoms with E-state index in [2.05, 4.69) is 49.9 Å². The number of para-hydroxylation sites is 1. The number of benzene rings is 1. The zero-order chi connectivity index (χ0) is 10.5. The first-order valence-electron chi connectivity index (χ1n) is 5.92. The third kappa shape index (κ3) is 1.21. The Balaban J connectivity index is 2.14. The Morgan fingerprint density at radius 3 is 2.73 bits per heavy atom. The molecule has 1 nitrogen and oxygen atoms in total. The van der Waals surface area contributed by atoms with Gasteiger partial charge in [-0.25, -0.2) is 0 Å². The van der Waals surface area contributed by atoms with Gasteiger partial charge in [0.2, 0.25) is 0 Å². The molecule has 15 heavy (non-hydrogen) atoms. The molecule has 1 aromatic rings. The molecule has 1 aliphatic heterocycles. The minimum absolute atomic E-state index is 0.708. The van der Waals surface area contributed by atoms with Gasteiger partial charge >= 0.3 is 0 Å². The lowest BCUT2D eigenvalue weighted by Gasteiger charge is -2.37. The third-order valence-corrected chi connectivity index (χ3v) is 5.30. The first-order valence-corrected chi connectivity index (χ1v) is 6.80. The number of hydrogen-bond donors (Lipinski definition) is 0. The monoisotopic (exact) mass is 220 g/mol. The van der Waals surface area contributed by atoms with Crippen LogP contribution in [0.2, 0.25) is 0 Å². The molecular formula is C13H18NS+. The molecule has 0 bridgehead atoms. The zero-order valence-corrected chi connectivity index (χ0v) is 10.3. The Bertz CT molecular complexity index is 386. The van der Waals surface area contributed by atoms with E-state index in [0.717, 1.165) is 6.04 Å². The lowest BCUT2D eigenvalue weighted by atomic mass is 10.2. The van der Waals surface area contributed by atoms with Gasteiger partial charge in [0.15, 0.2) is 0 Å². The van der Waals surface area contributed by atoms with Crippen molar-refractivity contribution in [2.75, 3.05) is 6.54 Å². The topological polar surface area (TPSA) is 0 Å². The molecule has 0 N–H and O–H groups in total. The molecule has 0 amide bonds. The maximum Gasteiger partial charge on any atom is 0.147 e. The molecule has 2 atom stereocenters. The minimum atomic E-state index is 0.708. The molecule has 0 aromatic heterocycles. The predicted molar refractivity (Wildman–Crippen MR) is 67.1 cm³/mol. The fourth-order valence-corrected chi connectivity index (χ4v) is 4.60. The second-order valence-electron chi connectivity index (χ2n) is 4.66. The fraction of sp³-hybridized carbons (Fsp3) is 0.538. The molecule has 0 saturated heterocycles. The maximum absolute atomic E-state index is 2.40. The van der Waals surface area contributed by atoms with E-state index in [0.29, 0.717) is 5.37 Å². The van der Waals surface area contributed by atoms with Crippen molar-refractivity contribution in [3.8, 4) is 0 Å². The number of nitrogens with zero attached hydrogens (tertiary/aromatic N) is 1. The van der Waals surface area contributed by atoms with Crippen molar-refractivity contribution >= 4 is 17.4 Å². The SMILES string of the molecule is CC[N+]1(C2CC2)c2ccccc2SC1C. The molecule has 3 rings (SSSR count). The molecule has 80 valence electrons. The Morgan fingerprint density at radius 1 is 1.33 bits per heavy atom. The lowest BCUT2D eigenvalue weighted by Crippen LogP contribution is -2.53. The van der Waals surface area contributed by atoms with Gasteiger partial charge in [0.25, 0.3) is 0 Å². The van der Waals surface area contributed by atoms with Crippen molar-refractivity contribution in [2.24, 2.45) is 0 Å². The van der Waals surface area contributed by atoms with Gasteiger partial charge in [-0.3, -0.25) is 4.48 Å². The van der Waals surface area contributed by atoms with Crippen LogP contribution in [-0.2, 0) is 0 Å². The molecule has 2 aliphatic rings. The first kappa shape index (κ1) is 9.73. The van der Waals surface area contributed by atoms with Gasteiger partial charge in [0.05, 0.1) is 17.5 Å². The molecule has 2 heteroatoms. The van der Waals surface area contributed by atoms with E-state index in [1.165, 1.54) is 28.8 Å². The Morgan fingerprint density at radius 2 is 2.07 bits per heavy atom. The van der Waals surface area contributed by atoms with Gasteiger partial charge in [0.1, 0.15) is 11.1 Å². The highest BCUT2D eigenvalue weighted by Gasteiger charge is 2.53. The van der Waals surface area contributed by atoms with Crippen LogP contribution >= 0.6 is 11.8 Å². The van der Waals surface area contributed by atoms with E-state index in [1.54, 1.807) is 5.69 Å². The van der Waals surface area contributed by atoms with Gasteiger partial charge in [-0.2, -0.15) is 0 Å². The highest BCUT2D eigenvalue weighted by Crippen LogP contribution is 2.54. The van der Waals surface area contributed by atoms with E-state index in [1.807, 2.05) is 0 Å². The van der Waals surface area contributed by atoms with E-state index in [-0.39, 0.29) is 0 Å². The highest BCUT2D eigenvalue weighted by molar-refractivity contribution is 8.00. The van der Waals surface area contributed by atoms with Crippen LogP contribution < -0.4 is 4.48 Å². The van der Waals surface area contributed by atoms with Gasteiger partial charge in [0, 0.05) is 18.9 Å². The molecule has 1 heterocycles. The molecular weight excluding hydrogens is 202 g/mol. The van der Waals surface area contributed by atoms with Crippen molar-refractivity contribution in [3.63, 3.8) is 0 Å². The predicted octanol–water partition coefficient (Wildman–Crippen LogP) is 3.63. The lowest BCUT2D eigenvalue weighted by molar-refractivity contribution is 0.273. The number of hydrogen-bond acceptors (Lipinski definition) is 1. The summed E-state index contributed by atoms with van der Waals surface area (Å²) in [6, 6.07) is 9.90. The van der Waals surface area contributed by atoms with Gasteiger partial charge in [-0.15, -0.1) is 0 Å². The normalized spacial score (nSPS) is 34.1. The Hall–Kier alpha value is -0.470. The van der Waals surface area contributed by atoms with Crippen LogP contribution in [0.25, 0.3) is 0 Å². The minimum Gasteiger partial charge on any atom is -0.277 e. The van der Waals surface area contributed by atoms with Crippen molar-refractivity contribution in [2.45, 2.75) is 43.0 Å². The van der Waals surface area contributed by atoms with Crippen LogP contribution in [0.3, 0.4) is 0 Å². The number of quaternary nitrogens is 1. The summed E-state index contributed by atoms with van der Waals surface area (Å²) in [6.07, 6.45) is 2.85. The average molecular weight is 220 g/mol. The zero-order valence-electron chi connectivity index (χ0n) is 9.44. The number of fused-ring (bicyclic) bond motifs is 1. The number of rotatable bonds is 2. The van der Waals surface area contributed by atoms with E-state index in [9.17, 15) is 0 Å². The molecule has 1 fully saturated rings. The van der Waals surface area contributed by atoms with Crippen LogP contribution in [0, 0.1) is 0 Å².